The quantitative estimate of drug-likeness (QED) is 0.415. The van der Waals surface area contributed by atoms with Crippen molar-refractivity contribution in [2.45, 2.75) is 57.7 Å². The Morgan fingerprint density at radius 2 is 1.37 bits per heavy atom. The summed E-state index contributed by atoms with van der Waals surface area (Å²) < 4.78 is 10.4. The number of unbranched alkanes of at least 4 members (excludes halogenated alkanes) is 5. The lowest BCUT2D eigenvalue weighted by Crippen LogP contribution is -2.26. The van der Waals surface area contributed by atoms with E-state index in [-0.39, 0.29) is 26.4 Å². The van der Waals surface area contributed by atoms with Crippen molar-refractivity contribution in [2.24, 2.45) is 0 Å². The normalized spacial score (nSPS) is 14.5. The van der Waals surface area contributed by atoms with Crippen molar-refractivity contribution >= 4 is 0 Å². The van der Waals surface area contributed by atoms with Gasteiger partial charge in [0, 0.05) is 6.61 Å². The monoisotopic (exact) mass is 278 g/mol. The number of aliphatic hydroxyl groups excluding tert-OH is 3. The van der Waals surface area contributed by atoms with Crippen LogP contribution in [-0.2, 0) is 9.47 Å². The van der Waals surface area contributed by atoms with Gasteiger partial charge in [0.05, 0.1) is 26.4 Å². The van der Waals surface area contributed by atoms with Crippen molar-refractivity contribution in [2.75, 3.05) is 33.0 Å². The SMILES string of the molecule is CCCCCCCCOCC(O)COCC(O)CO. The first-order valence-electron chi connectivity index (χ1n) is 7.33. The summed E-state index contributed by atoms with van der Waals surface area (Å²) in [5, 5.41) is 27.1. The molecule has 2 atom stereocenters. The summed E-state index contributed by atoms with van der Waals surface area (Å²) in [6, 6.07) is 0. The minimum Gasteiger partial charge on any atom is -0.394 e. The Labute approximate surface area is 116 Å². The Hall–Kier alpha value is -0.200. The van der Waals surface area contributed by atoms with Crippen LogP contribution in [-0.4, -0.2) is 60.6 Å². The maximum absolute atomic E-state index is 9.51. The molecule has 0 aromatic heterocycles. The van der Waals surface area contributed by atoms with Crippen LogP contribution in [0.25, 0.3) is 0 Å². The highest BCUT2D eigenvalue weighted by atomic mass is 16.5. The fourth-order valence-corrected chi connectivity index (χ4v) is 1.64. The predicted molar refractivity (Wildman–Crippen MR) is 74.1 cm³/mol. The third-order valence-corrected chi connectivity index (χ3v) is 2.78. The van der Waals surface area contributed by atoms with E-state index < -0.39 is 12.2 Å². The van der Waals surface area contributed by atoms with Crippen molar-refractivity contribution in [3.8, 4) is 0 Å². The van der Waals surface area contributed by atoms with Gasteiger partial charge in [-0.1, -0.05) is 39.0 Å². The number of aliphatic hydroxyl groups is 3. The summed E-state index contributed by atoms with van der Waals surface area (Å²) in [7, 11) is 0. The summed E-state index contributed by atoms with van der Waals surface area (Å²) in [5.41, 5.74) is 0. The van der Waals surface area contributed by atoms with Crippen LogP contribution in [0.3, 0.4) is 0 Å². The van der Waals surface area contributed by atoms with Gasteiger partial charge in [0.1, 0.15) is 12.2 Å². The molecule has 3 N–H and O–H groups in total. The molecule has 0 aromatic rings. The highest BCUT2D eigenvalue weighted by Gasteiger charge is 2.07. The molecule has 19 heavy (non-hydrogen) atoms. The average molecular weight is 278 g/mol. The molecule has 0 aliphatic rings. The maximum Gasteiger partial charge on any atom is 0.101 e. The molecule has 0 spiro atoms. The first-order chi connectivity index (χ1) is 9.20. The smallest absolute Gasteiger partial charge is 0.101 e. The summed E-state index contributed by atoms with van der Waals surface area (Å²) in [6.45, 7) is 2.95. The second-order valence-electron chi connectivity index (χ2n) is 4.87. The van der Waals surface area contributed by atoms with Crippen molar-refractivity contribution < 1.29 is 24.8 Å². The molecule has 0 aliphatic heterocycles. The molecule has 0 amide bonds. The summed E-state index contributed by atoms with van der Waals surface area (Å²) in [4.78, 5) is 0. The van der Waals surface area contributed by atoms with Gasteiger partial charge >= 0.3 is 0 Å². The third kappa shape index (κ3) is 14.0. The molecule has 0 aromatic carbocycles. The van der Waals surface area contributed by atoms with Gasteiger partial charge in [-0.3, -0.25) is 0 Å². The second kappa shape index (κ2) is 14.2. The lowest BCUT2D eigenvalue weighted by Gasteiger charge is -2.13. The van der Waals surface area contributed by atoms with Crippen LogP contribution >= 0.6 is 0 Å². The summed E-state index contributed by atoms with van der Waals surface area (Å²) in [6.07, 6.45) is 5.75. The van der Waals surface area contributed by atoms with E-state index in [2.05, 4.69) is 6.92 Å². The van der Waals surface area contributed by atoms with Crippen LogP contribution in [0.15, 0.2) is 0 Å². The van der Waals surface area contributed by atoms with Crippen LogP contribution in [0.1, 0.15) is 45.4 Å². The Kier molecular flexibility index (Phi) is 14.1. The van der Waals surface area contributed by atoms with Crippen LogP contribution < -0.4 is 0 Å². The molecule has 2 unspecified atom stereocenters. The van der Waals surface area contributed by atoms with Crippen LogP contribution in [0.4, 0.5) is 0 Å². The molecular weight excluding hydrogens is 248 g/mol. The summed E-state index contributed by atoms with van der Waals surface area (Å²) >= 11 is 0. The summed E-state index contributed by atoms with van der Waals surface area (Å²) in [5.74, 6) is 0. The fourth-order valence-electron chi connectivity index (χ4n) is 1.64. The Morgan fingerprint density at radius 3 is 2.05 bits per heavy atom. The van der Waals surface area contributed by atoms with Gasteiger partial charge in [-0.25, -0.2) is 0 Å². The molecule has 0 heterocycles. The molecule has 0 rings (SSSR count). The van der Waals surface area contributed by atoms with E-state index >= 15 is 0 Å². The number of hydrogen-bond acceptors (Lipinski definition) is 5. The maximum atomic E-state index is 9.51. The molecule has 0 bridgehead atoms. The van der Waals surface area contributed by atoms with E-state index in [0.29, 0.717) is 6.61 Å². The van der Waals surface area contributed by atoms with E-state index in [1.807, 2.05) is 0 Å². The van der Waals surface area contributed by atoms with Crippen LogP contribution in [0, 0.1) is 0 Å². The molecule has 116 valence electrons. The van der Waals surface area contributed by atoms with E-state index in [4.69, 9.17) is 19.7 Å². The molecule has 0 radical (unpaired) electrons. The molecule has 0 saturated heterocycles. The Balaban J connectivity index is 3.18. The van der Waals surface area contributed by atoms with Gasteiger partial charge in [0.2, 0.25) is 0 Å². The van der Waals surface area contributed by atoms with Gasteiger partial charge in [-0.05, 0) is 6.42 Å². The Morgan fingerprint density at radius 1 is 0.789 bits per heavy atom. The Bertz CT molecular complexity index is 177. The molecule has 0 saturated carbocycles. The topological polar surface area (TPSA) is 79.2 Å². The molecule has 5 heteroatoms. The van der Waals surface area contributed by atoms with Gasteiger partial charge in [0.15, 0.2) is 0 Å². The average Bonchev–Trinajstić information content (AvgIpc) is 2.41. The standard InChI is InChI=1S/C14H30O5/c1-2-3-4-5-6-7-8-18-11-14(17)12-19-10-13(16)9-15/h13-17H,2-12H2,1H3. The van der Waals surface area contributed by atoms with E-state index in [1.165, 1.54) is 32.1 Å². The molecule has 5 nitrogen and oxygen atoms in total. The number of hydrogen-bond donors (Lipinski definition) is 3. The zero-order valence-corrected chi connectivity index (χ0v) is 12.1. The molecule has 0 fully saturated rings. The largest absolute Gasteiger partial charge is 0.394 e. The van der Waals surface area contributed by atoms with Gasteiger partial charge < -0.3 is 24.8 Å². The predicted octanol–water partition coefficient (Wildman–Crippen LogP) is 1.09. The second-order valence-corrected chi connectivity index (χ2v) is 4.87. The minimum atomic E-state index is -0.878. The van der Waals surface area contributed by atoms with E-state index in [9.17, 15) is 5.11 Å². The lowest BCUT2D eigenvalue weighted by molar-refractivity contribution is -0.0481. The zero-order valence-electron chi connectivity index (χ0n) is 12.1. The number of ether oxygens (including phenoxy) is 2. The lowest BCUT2D eigenvalue weighted by atomic mass is 10.1. The highest BCUT2D eigenvalue weighted by Crippen LogP contribution is 2.05. The van der Waals surface area contributed by atoms with Crippen molar-refractivity contribution in [1.29, 1.82) is 0 Å². The third-order valence-electron chi connectivity index (χ3n) is 2.78. The van der Waals surface area contributed by atoms with Crippen molar-refractivity contribution in [3.05, 3.63) is 0 Å². The first-order valence-corrected chi connectivity index (χ1v) is 7.33. The van der Waals surface area contributed by atoms with E-state index in [1.54, 1.807) is 0 Å². The van der Waals surface area contributed by atoms with Crippen molar-refractivity contribution in [3.63, 3.8) is 0 Å². The minimum absolute atomic E-state index is 0.0327. The molecular formula is C14H30O5. The van der Waals surface area contributed by atoms with Gasteiger partial charge in [-0.15, -0.1) is 0 Å². The fraction of sp³-hybridized carbons (Fsp3) is 1.00. The molecule has 0 aliphatic carbocycles. The highest BCUT2D eigenvalue weighted by molar-refractivity contribution is 4.54. The first kappa shape index (κ1) is 18.8. The van der Waals surface area contributed by atoms with Crippen molar-refractivity contribution in [1.82, 2.24) is 0 Å². The van der Waals surface area contributed by atoms with E-state index in [0.717, 1.165) is 6.42 Å². The van der Waals surface area contributed by atoms with Crippen LogP contribution in [0.5, 0.6) is 0 Å². The number of rotatable bonds is 14. The zero-order chi connectivity index (χ0) is 14.3. The van der Waals surface area contributed by atoms with Gasteiger partial charge in [-0.2, -0.15) is 0 Å². The van der Waals surface area contributed by atoms with Crippen LogP contribution in [0.2, 0.25) is 0 Å². The van der Waals surface area contributed by atoms with Gasteiger partial charge in [0.25, 0.3) is 0 Å².